The van der Waals surface area contributed by atoms with Gasteiger partial charge >= 0.3 is 0 Å². The molecule has 1 aromatic carbocycles. The van der Waals surface area contributed by atoms with Crippen molar-refractivity contribution in [3.63, 3.8) is 0 Å². The molecule has 6 nitrogen and oxygen atoms in total. The van der Waals surface area contributed by atoms with Crippen LogP contribution in [-0.2, 0) is 4.79 Å². The molecule has 0 atom stereocenters. The van der Waals surface area contributed by atoms with Crippen LogP contribution in [0.3, 0.4) is 0 Å². The van der Waals surface area contributed by atoms with Gasteiger partial charge in [-0.1, -0.05) is 23.9 Å². The Bertz CT molecular complexity index is 852. The molecule has 0 aliphatic carbocycles. The molecule has 3 rings (SSSR count). The summed E-state index contributed by atoms with van der Waals surface area (Å²) in [6.07, 6.45) is 3.25. The van der Waals surface area contributed by atoms with Crippen LogP contribution in [-0.4, -0.2) is 28.7 Å². The molecule has 7 heteroatoms. The molecular formula is C16H14N4O2S. The lowest BCUT2D eigenvalue weighted by atomic mass is 10.1. The van der Waals surface area contributed by atoms with E-state index in [1.807, 2.05) is 18.2 Å². The first-order valence-corrected chi connectivity index (χ1v) is 8.35. The lowest BCUT2D eigenvalue weighted by Gasteiger charge is -2.16. The largest absolute Gasteiger partial charge is 0.312 e. The molecule has 1 amide bonds. The van der Waals surface area contributed by atoms with E-state index in [2.05, 4.69) is 9.97 Å². The number of amides is 1. The zero-order valence-electron chi connectivity index (χ0n) is 12.5. The molecule has 1 aliphatic rings. The number of carbonyl (C=O) groups excluding carboxylic acids is 1. The second-order valence-corrected chi connectivity index (χ2v) is 5.90. The summed E-state index contributed by atoms with van der Waals surface area (Å²) in [5, 5.41) is 9.68. The fraction of sp³-hybridized carbons (Fsp3) is 0.250. The number of H-pyrrole nitrogens is 1. The minimum Gasteiger partial charge on any atom is -0.312 e. The number of anilines is 1. The van der Waals surface area contributed by atoms with Gasteiger partial charge in [0.15, 0.2) is 5.16 Å². The highest BCUT2D eigenvalue weighted by atomic mass is 32.2. The van der Waals surface area contributed by atoms with E-state index in [0.717, 1.165) is 18.7 Å². The minimum absolute atomic E-state index is 0.00667. The molecule has 0 spiro atoms. The number of hydrogen-bond acceptors (Lipinski definition) is 5. The SMILES string of the molecule is CSc1nc(-c2ccc(N3CCCC3=O)cc2)c(C#N)c(=O)[nH]1. The third-order valence-corrected chi connectivity index (χ3v) is 4.31. The summed E-state index contributed by atoms with van der Waals surface area (Å²) in [5.74, 6) is 0.120. The highest BCUT2D eigenvalue weighted by molar-refractivity contribution is 7.98. The Hall–Kier alpha value is -2.59. The number of nitrogens with zero attached hydrogens (tertiary/aromatic N) is 3. The summed E-state index contributed by atoms with van der Waals surface area (Å²) in [5.41, 5.74) is 1.41. The van der Waals surface area contributed by atoms with E-state index in [4.69, 9.17) is 0 Å². The fourth-order valence-electron chi connectivity index (χ4n) is 2.58. The normalized spacial score (nSPS) is 14.1. The Morgan fingerprint density at radius 2 is 2.04 bits per heavy atom. The van der Waals surface area contributed by atoms with Crippen molar-refractivity contribution in [1.82, 2.24) is 9.97 Å². The first-order valence-electron chi connectivity index (χ1n) is 7.13. The standard InChI is InChI=1S/C16H14N4O2S/c1-23-16-18-14(12(9-17)15(22)19-16)10-4-6-11(7-5-10)20-8-2-3-13(20)21/h4-7H,2-3,8H2,1H3,(H,18,19,22). The predicted molar refractivity (Wildman–Crippen MR) is 88.4 cm³/mol. The number of nitriles is 1. The smallest absolute Gasteiger partial charge is 0.270 e. The number of aromatic nitrogens is 2. The Kier molecular flexibility index (Phi) is 4.17. The average molecular weight is 326 g/mol. The molecule has 2 heterocycles. The number of carbonyl (C=O) groups is 1. The van der Waals surface area contributed by atoms with E-state index in [1.165, 1.54) is 11.8 Å². The van der Waals surface area contributed by atoms with Gasteiger partial charge in [-0.2, -0.15) is 5.26 Å². The predicted octanol–water partition coefficient (Wildman–Crippen LogP) is 2.16. The van der Waals surface area contributed by atoms with Gasteiger partial charge in [0.05, 0.1) is 5.69 Å². The van der Waals surface area contributed by atoms with Crippen molar-refractivity contribution in [2.75, 3.05) is 17.7 Å². The van der Waals surface area contributed by atoms with E-state index in [-0.39, 0.29) is 11.5 Å². The minimum atomic E-state index is -0.444. The molecule has 1 fully saturated rings. The van der Waals surface area contributed by atoms with Crippen molar-refractivity contribution in [1.29, 1.82) is 5.26 Å². The van der Waals surface area contributed by atoms with Crippen molar-refractivity contribution in [2.24, 2.45) is 0 Å². The number of rotatable bonds is 3. The maximum atomic E-state index is 12.0. The van der Waals surface area contributed by atoms with Crippen LogP contribution in [0.2, 0.25) is 0 Å². The van der Waals surface area contributed by atoms with Crippen molar-refractivity contribution in [3.05, 3.63) is 40.2 Å². The van der Waals surface area contributed by atoms with Gasteiger partial charge in [-0.15, -0.1) is 0 Å². The van der Waals surface area contributed by atoms with Crippen LogP contribution in [0.15, 0.2) is 34.2 Å². The molecule has 1 N–H and O–H groups in total. The first-order chi connectivity index (χ1) is 11.1. The van der Waals surface area contributed by atoms with Crippen molar-refractivity contribution >= 4 is 23.4 Å². The lowest BCUT2D eigenvalue weighted by molar-refractivity contribution is -0.117. The van der Waals surface area contributed by atoms with Crippen LogP contribution in [0, 0.1) is 11.3 Å². The van der Waals surface area contributed by atoms with Crippen molar-refractivity contribution in [3.8, 4) is 17.3 Å². The Labute approximate surface area is 137 Å². The highest BCUT2D eigenvalue weighted by Crippen LogP contribution is 2.26. The molecule has 0 radical (unpaired) electrons. The third kappa shape index (κ3) is 2.85. The van der Waals surface area contributed by atoms with Gasteiger partial charge in [0.1, 0.15) is 11.6 Å². The summed E-state index contributed by atoms with van der Waals surface area (Å²) in [6, 6.07) is 9.12. The Balaban J connectivity index is 2.03. The van der Waals surface area contributed by atoms with Crippen LogP contribution in [0.1, 0.15) is 18.4 Å². The first kappa shape index (κ1) is 15.3. The van der Waals surface area contributed by atoms with E-state index >= 15 is 0 Å². The van der Waals surface area contributed by atoms with E-state index < -0.39 is 5.56 Å². The monoisotopic (exact) mass is 326 g/mol. The third-order valence-electron chi connectivity index (χ3n) is 3.73. The van der Waals surface area contributed by atoms with Crippen molar-refractivity contribution < 1.29 is 4.79 Å². The summed E-state index contributed by atoms with van der Waals surface area (Å²) >= 11 is 1.31. The molecule has 0 saturated carbocycles. The molecule has 1 saturated heterocycles. The maximum Gasteiger partial charge on any atom is 0.270 e. The lowest BCUT2D eigenvalue weighted by Crippen LogP contribution is -2.23. The summed E-state index contributed by atoms with van der Waals surface area (Å²) in [4.78, 5) is 32.4. The van der Waals surface area contributed by atoms with Gasteiger partial charge in [-0.25, -0.2) is 4.98 Å². The zero-order valence-corrected chi connectivity index (χ0v) is 13.3. The number of aromatic amines is 1. The molecule has 0 bridgehead atoms. The maximum absolute atomic E-state index is 12.0. The summed E-state index contributed by atoms with van der Waals surface area (Å²) in [6.45, 7) is 0.724. The van der Waals surface area contributed by atoms with Gasteiger partial charge in [0.2, 0.25) is 5.91 Å². The Morgan fingerprint density at radius 1 is 1.30 bits per heavy atom. The van der Waals surface area contributed by atoms with E-state index in [0.29, 0.717) is 22.8 Å². The van der Waals surface area contributed by atoms with Crippen LogP contribution in [0.4, 0.5) is 5.69 Å². The fourth-order valence-corrected chi connectivity index (χ4v) is 2.96. The second kappa shape index (κ2) is 6.26. The number of hydrogen-bond donors (Lipinski definition) is 1. The molecule has 0 unspecified atom stereocenters. The summed E-state index contributed by atoms with van der Waals surface area (Å²) in [7, 11) is 0. The van der Waals surface area contributed by atoms with E-state index in [9.17, 15) is 14.9 Å². The van der Waals surface area contributed by atoms with E-state index in [1.54, 1.807) is 23.3 Å². The second-order valence-electron chi connectivity index (χ2n) is 5.11. The quantitative estimate of drug-likeness (QED) is 0.689. The van der Waals surface area contributed by atoms with Gasteiger partial charge in [-0.3, -0.25) is 9.59 Å². The van der Waals surface area contributed by atoms with Gasteiger partial charge in [-0.05, 0) is 24.8 Å². The van der Waals surface area contributed by atoms with Crippen LogP contribution in [0.5, 0.6) is 0 Å². The van der Waals surface area contributed by atoms with Gasteiger partial charge < -0.3 is 9.88 Å². The summed E-state index contributed by atoms with van der Waals surface area (Å²) < 4.78 is 0. The molecule has 1 aliphatic heterocycles. The van der Waals surface area contributed by atoms with Gasteiger partial charge in [0.25, 0.3) is 5.56 Å². The number of benzene rings is 1. The van der Waals surface area contributed by atoms with Crippen LogP contribution < -0.4 is 10.5 Å². The topological polar surface area (TPSA) is 89.8 Å². The Morgan fingerprint density at radius 3 is 2.61 bits per heavy atom. The molecule has 23 heavy (non-hydrogen) atoms. The van der Waals surface area contributed by atoms with Crippen LogP contribution in [0.25, 0.3) is 11.3 Å². The average Bonchev–Trinajstić information content (AvgIpc) is 3.00. The number of thioether (sulfide) groups is 1. The molecule has 2 aromatic rings. The van der Waals surface area contributed by atoms with Crippen molar-refractivity contribution in [2.45, 2.75) is 18.0 Å². The van der Waals surface area contributed by atoms with Gasteiger partial charge in [0, 0.05) is 24.2 Å². The highest BCUT2D eigenvalue weighted by Gasteiger charge is 2.21. The molecule has 1 aromatic heterocycles. The number of nitrogens with one attached hydrogen (secondary N) is 1. The van der Waals surface area contributed by atoms with Crippen LogP contribution >= 0.6 is 11.8 Å². The molecule has 116 valence electrons. The zero-order chi connectivity index (χ0) is 16.4. The molecular weight excluding hydrogens is 312 g/mol.